The Hall–Kier alpha value is -4.82. The molecule has 0 radical (unpaired) electrons. The van der Waals surface area contributed by atoms with E-state index in [0.29, 0.717) is 30.0 Å². The lowest BCUT2D eigenvalue weighted by Crippen LogP contribution is -2.48. The lowest BCUT2D eigenvalue weighted by Gasteiger charge is -2.34. The highest BCUT2D eigenvalue weighted by atomic mass is 19.1. The van der Waals surface area contributed by atoms with Crippen molar-refractivity contribution in [2.45, 2.75) is 45.1 Å². The molecule has 0 saturated carbocycles. The van der Waals surface area contributed by atoms with Gasteiger partial charge in [0.15, 0.2) is 0 Å². The maximum atomic E-state index is 14.3. The van der Waals surface area contributed by atoms with Crippen LogP contribution in [0.15, 0.2) is 72.5 Å². The van der Waals surface area contributed by atoms with Crippen LogP contribution in [0, 0.1) is 10.1 Å². The molecule has 1 aliphatic carbocycles. The molecule has 0 bridgehead atoms. The third-order valence-corrected chi connectivity index (χ3v) is 7.65. The average molecular weight is 652 g/mol. The van der Waals surface area contributed by atoms with Crippen molar-refractivity contribution in [1.82, 2.24) is 20.0 Å². The molecule has 1 unspecified atom stereocenters. The van der Waals surface area contributed by atoms with Crippen LogP contribution >= 0.6 is 0 Å². The summed E-state index contributed by atoms with van der Waals surface area (Å²) in [7, 11) is 2.07. The van der Waals surface area contributed by atoms with Crippen molar-refractivity contribution in [2.24, 2.45) is 0 Å². The summed E-state index contributed by atoms with van der Waals surface area (Å²) in [6, 6.07) is 13.2. The van der Waals surface area contributed by atoms with Gasteiger partial charge in [0.25, 0.3) is 5.91 Å². The summed E-state index contributed by atoms with van der Waals surface area (Å²) < 4.78 is 19.6. The van der Waals surface area contributed by atoms with E-state index in [-0.39, 0.29) is 12.2 Å². The van der Waals surface area contributed by atoms with E-state index in [1.165, 1.54) is 12.2 Å². The van der Waals surface area contributed by atoms with Crippen LogP contribution in [0.4, 0.5) is 25.4 Å². The number of para-hydroxylation sites is 2. The Balaban J connectivity index is 1.41. The summed E-state index contributed by atoms with van der Waals surface area (Å²) in [6.07, 6.45) is 2.21. The number of anilines is 2. The minimum atomic E-state index is -2.69. The van der Waals surface area contributed by atoms with E-state index in [2.05, 4.69) is 32.8 Å². The largest absolute Gasteiger partial charge is 0.444 e. The fraction of sp³-hybridized carbons (Fsp3) is 0.424. The topological polar surface area (TPSA) is 149 Å². The molecule has 4 rings (SSSR count). The number of rotatable bonds is 10. The maximum absolute atomic E-state index is 14.3. The molecule has 2 aromatic carbocycles. The van der Waals surface area contributed by atoms with Crippen LogP contribution in [0.25, 0.3) is 0 Å². The normalized spacial score (nSPS) is 18.5. The van der Waals surface area contributed by atoms with Crippen LogP contribution in [-0.2, 0) is 11.3 Å². The van der Waals surface area contributed by atoms with Gasteiger partial charge in [-0.05, 0) is 63.7 Å². The first kappa shape index (κ1) is 35.0. The molecule has 1 saturated heterocycles. The van der Waals surface area contributed by atoms with Crippen molar-refractivity contribution in [3.63, 3.8) is 0 Å². The fourth-order valence-electron chi connectivity index (χ4n) is 4.91. The smallest absolute Gasteiger partial charge is 0.412 e. The third kappa shape index (κ3) is 10.3. The predicted molar refractivity (Wildman–Crippen MR) is 176 cm³/mol. The highest BCUT2D eigenvalue weighted by Crippen LogP contribution is 2.25. The predicted octanol–water partition coefficient (Wildman–Crippen LogP) is 4.83. The molecule has 13 nitrogen and oxygen atoms in total. The first-order valence-electron chi connectivity index (χ1n) is 15.4. The molecule has 1 fully saturated rings. The van der Waals surface area contributed by atoms with Gasteiger partial charge in [-0.1, -0.05) is 30.3 Å². The number of hydrogen-bond acceptors (Lipinski definition) is 8. The number of benzene rings is 2. The van der Waals surface area contributed by atoms with Gasteiger partial charge < -0.3 is 25.2 Å². The van der Waals surface area contributed by atoms with Gasteiger partial charge in [-0.25, -0.2) is 9.59 Å². The molecular weight excluding hydrogens is 609 g/mol. The van der Waals surface area contributed by atoms with Crippen molar-refractivity contribution in [2.75, 3.05) is 56.9 Å². The number of allylic oxidation sites excluding steroid dienone is 1. The molecule has 4 amide bonds. The first-order chi connectivity index (χ1) is 22.2. The molecule has 0 aromatic heterocycles. The zero-order chi connectivity index (χ0) is 34.2. The van der Waals surface area contributed by atoms with E-state index in [1.807, 2.05) is 0 Å². The summed E-state index contributed by atoms with van der Waals surface area (Å²) in [4.78, 5) is 55.0. The first-order valence-corrected chi connectivity index (χ1v) is 15.4. The Morgan fingerprint density at radius 2 is 1.64 bits per heavy atom. The maximum Gasteiger partial charge on any atom is 0.412 e. The Kier molecular flexibility index (Phi) is 11.3. The highest BCUT2D eigenvalue weighted by molar-refractivity contribution is 6.06. The number of likely N-dealkylation sites (N-methyl/N-ethyl adjacent to an activating group) is 1. The van der Waals surface area contributed by atoms with E-state index in [0.717, 1.165) is 37.8 Å². The van der Waals surface area contributed by atoms with Gasteiger partial charge in [-0.3, -0.25) is 25.1 Å². The SMILES string of the molecule is CN1CCN(CCN(Cc2ccc(C(=O)Nc3ccccc3NC(=O)OC(C)(C)C)cc2)C(=O)NC2=CCC(F)([N+](=O)[O-])C=C2)CC1. The van der Waals surface area contributed by atoms with Crippen LogP contribution in [0.1, 0.15) is 43.1 Å². The second kappa shape index (κ2) is 15.2. The number of ether oxygens (including phenoxy) is 1. The van der Waals surface area contributed by atoms with Crippen LogP contribution in [0.3, 0.4) is 0 Å². The van der Waals surface area contributed by atoms with Gasteiger partial charge >= 0.3 is 17.9 Å². The van der Waals surface area contributed by atoms with Crippen LogP contribution in [-0.4, -0.2) is 95.4 Å². The number of halogens is 1. The Labute approximate surface area is 273 Å². The number of alkyl halides is 1. The summed E-state index contributed by atoms with van der Waals surface area (Å²) in [5, 5.41) is 19.2. The molecule has 1 atom stereocenters. The van der Waals surface area contributed by atoms with Gasteiger partial charge in [0.2, 0.25) is 0 Å². The number of hydrogen-bond donors (Lipinski definition) is 3. The lowest BCUT2D eigenvalue weighted by molar-refractivity contribution is -0.588. The van der Waals surface area contributed by atoms with Crippen LogP contribution in [0.2, 0.25) is 0 Å². The molecule has 1 heterocycles. The molecule has 14 heteroatoms. The zero-order valence-corrected chi connectivity index (χ0v) is 27.1. The van der Waals surface area contributed by atoms with Crippen molar-refractivity contribution >= 4 is 29.4 Å². The summed E-state index contributed by atoms with van der Waals surface area (Å²) in [6.45, 7) is 10.1. The number of nitrogens with zero attached hydrogens (tertiary/aromatic N) is 4. The quantitative estimate of drug-likeness (QED) is 0.188. The van der Waals surface area contributed by atoms with Crippen LogP contribution in [0.5, 0.6) is 0 Å². The number of carbonyl (C=O) groups is 3. The number of carbonyl (C=O) groups excluding carboxylic acids is 3. The Morgan fingerprint density at radius 1 is 1.00 bits per heavy atom. The van der Waals surface area contributed by atoms with E-state index >= 15 is 0 Å². The monoisotopic (exact) mass is 651 g/mol. The van der Waals surface area contributed by atoms with E-state index in [9.17, 15) is 28.9 Å². The van der Waals surface area contributed by atoms with Crippen molar-refractivity contribution in [3.05, 3.63) is 93.7 Å². The van der Waals surface area contributed by atoms with E-state index in [4.69, 9.17) is 4.74 Å². The minimum absolute atomic E-state index is 0.225. The second-order valence-corrected chi connectivity index (χ2v) is 12.6. The molecule has 0 spiro atoms. The molecule has 1 aliphatic heterocycles. The van der Waals surface area contributed by atoms with E-state index < -0.39 is 40.8 Å². The van der Waals surface area contributed by atoms with Gasteiger partial charge in [-0.2, -0.15) is 4.39 Å². The Morgan fingerprint density at radius 3 is 2.21 bits per heavy atom. The molecule has 3 N–H and O–H groups in total. The van der Waals surface area contributed by atoms with Gasteiger partial charge in [0.1, 0.15) is 5.60 Å². The Bertz CT molecular complexity index is 1520. The molecular formula is C33H42FN7O6. The van der Waals surface area contributed by atoms with E-state index in [1.54, 1.807) is 74.2 Å². The zero-order valence-electron chi connectivity index (χ0n) is 27.1. The molecule has 2 aliphatic rings. The van der Waals surface area contributed by atoms with Gasteiger partial charge in [0.05, 0.1) is 22.7 Å². The van der Waals surface area contributed by atoms with Gasteiger partial charge in [-0.15, -0.1) is 0 Å². The number of piperazine rings is 1. The minimum Gasteiger partial charge on any atom is -0.444 e. The van der Waals surface area contributed by atoms with Crippen molar-refractivity contribution < 1.29 is 28.4 Å². The number of nitro groups is 1. The average Bonchev–Trinajstić information content (AvgIpc) is 3.01. The molecule has 252 valence electrons. The summed E-state index contributed by atoms with van der Waals surface area (Å²) in [5.74, 6) is -3.09. The number of amides is 4. The molecule has 2 aromatic rings. The standard InChI is InChI=1S/C33H42FN7O6/c1-32(2,3)47-31(44)37-28-8-6-5-7-27(28)36-29(42)25-11-9-24(10-12-25)23-40(22-21-39-19-17-38(4)18-20-39)30(43)35-26-13-15-33(34,16-14-26)41(45)46/h5-15H,16-23H2,1-4H3,(H,35,43)(H,36,42)(H,37,44). The van der Waals surface area contributed by atoms with Crippen LogP contribution < -0.4 is 16.0 Å². The summed E-state index contributed by atoms with van der Waals surface area (Å²) in [5.41, 5.74) is 1.51. The van der Waals surface area contributed by atoms with Crippen molar-refractivity contribution in [1.29, 1.82) is 0 Å². The lowest BCUT2D eigenvalue weighted by atomic mass is 10.1. The van der Waals surface area contributed by atoms with Crippen molar-refractivity contribution in [3.8, 4) is 0 Å². The third-order valence-electron chi connectivity index (χ3n) is 7.65. The number of nitrogens with one attached hydrogen (secondary N) is 3. The molecule has 47 heavy (non-hydrogen) atoms. The second-order valence-electron chi connectivity index (χ2n) is 12.6. The van der Waals surface area contributed by atoms with Gasteiger partial charge in [0, 0.05) is 63.1 Å². The summed E-state index contributed by atoms with van der Waals surface area (Å²) >= 11 is 0. The highest BCUT2D eigenvalue weighted by Gasteiger charge is 2.40. The number of urea groups is 1. The fourth-order valence-corrected chi connectivity index (χ4v) is 4.91.